The summed E-state index contributed by atoms with van der Waals surface area (Å²) in [5.74, 6) is -0.0236. The molecule has 7 heteroatoms. The average molecular weight is 467 g/mol. The maximum atomic E-state index is 12.6. The molecule has 0 atom stereocenters. The standard InChI is InChI=1S/C25H30N2O3SSi/c1-15(2)30-31(28,29)19-8-11-20(16(3)12-19)25-21-9-6-17(26)13-23(21)32(4,5)24-14-18(27)7-10-22(24)25/h6-15,25H,26-27H2,1-5H3. The second-order valence-corrected chi connectivity index (χ2v) is 15.3. The van der Waals surface area contributed by atoms with Gasteiger partial charge in [0.2, 0.25) is 0 Å². The van der Waals surface area contributed by atoms with Crippen LogP contribution < -0.4 is 21.8 Å². The van der Waals surface area contributed by atoms with Gasteiger partial charge in [-0.05, 0) is 89.8 Å². The number of aryl methyl sites for hydroxylation is 1. The van der Waals surface area contributed by atoms with Crippen molar-refractivity contribution in [3.63, 3.8) is 0 Å². The lowest BCUT2D eigenvalue weighted by Crippen LogP contribution is -2.59. The Kier molecular flexibility index (Phi) is 5.47. The molecule has 0 fully saturated rings. The Morgan fingerprint density at radius 2 is 1.34 bits per heavy atom. The third-order valence-electron chi connectivity index (χ3n) is 6.28. The molecule has 168 valence electrons. The number of nitrogens with two attached hydrogens (primary N) is 2. The highest BCUT2D eigenvalue weighted by atomic mass is 32.2. The molecule has 0 saturated carbocycles. The minimum Gasteiger partial charge on any atom is -0.399 e. The van der Waals surface area contributed by atoms with Gasteiger partial charge in [0.1, 0.15) is 8.07 Å². The van der Waals surface area contributed by atoms with Gasteiger partial charge in [0.05, 0.1) is 11.0 Å². The molecule has 1 heterocycles. The number of rotatable bonds is 4. The molecular weight excluding hydrogens is 436 g/mol. The number of hydrogen-bond acceptors (Lipinski definition) is 5. The van der Waals surface area contributed by atoms with E-state index >= 15 is 0 Å². The number of nitrogen functional groups attached to an aromatic ring is 2. The van der Waals surface area contributed by atoms with Crippen molar-refractivity contribution in [2.24, 2.45) is 0 Å². The zero-order valence-corrected chi connectivity index (χ0v) is 21.0. The van der Waals surface area contributed by atoms with E-state index in [2.05, 4.69) is 37.4 Å². The van der Waals surface area contributed by atoms with Gasteiger partial charge < -0.3 is 11.5 Å². The van der Waals surface area contributed by atoms with Crippen molar-refractivity contribution in [3.05, 3.63) is 76.9 Å². The number of hydrogen-bond donors (Lipinski definition) is 2. The van der Waals surface area contributed by atoms with Crippen LogP contribution in [0.15, 0.2) is 59.5 Å². The molecule has 0 aromatic heterocycles. The van der Waals surface area contributed by atoms with E-state index in [-0.39, 0.29) is 10.8 Å². The summed E-state index contributed by atoms with van der Waals surface area (Å²) in [4.78, 5) is 0.174. The van der Waals surface area contributed by atoms with E-state index in [0.717, 1.165) is 22.5 Å². The van der Waals surface area contributed by atoms with E-state index in [1.54, 1.807) is 26.0 Å². The molecular formula is C25H30N2O3SSi. The summed E-state index contributed by atoms with van der Waals surface area (Å²) in [5.41, 5.74) is 18.3. The zero-order chi connectivity index (χ0) is 23.4. The molecule has 0 radical (unpaired) electrons. The lowest BCUT2D eigenvalue weighted by Gasteiger charge is -2.39. The first kappa shape index (κ1) is 22.6. The van der Waals surface area contributed by atoms with Crippen LogP contribution >= 0.6 is 0 Å². The second kappa shape index (κ2) is 7.76. The van der Waals surface area contributed by atoms with E-state index in [1.807, 2.05) is 25.1 Å². The van der Waals surface area contributed by atoms with Crippen LogP contribution in [0, 0.1) is 6.92 Å². The summed E-state index contributed by atoms with van der Waals surface area (Å²) < 4.78 is 30.4. The van der Waals surface area contributed by atoms with Crippen molar-refractivity contribution >= 4 is 39.9 Å². The predicted octanol–water partition coefficient (Wildman–Crippen LogP) is 3.59. The minimum atomic E-state index is -3.81. The molecule has 32 heavy (non-hydrogen) atoms. The summed E-state index contributed by atoms with van der Waals surface area (Å²) in [6, 6.07) is 17.6. The van der Waals surface area contributed by atoms with Gasteiger partial charge in [0, 0.05) is 17.3 Å². The second-order valence-electron chi connectivity index (χ2n) is 9.37. The molecule has 0 saturated heterocycles. The number of benzene rings is 3. The predicted molar refractivity (Wildman–Crippen MR) is 134 cm³/mol. The molecule has 3 aromatic rings. The largest absolute Gasteiger partial charge is 0.399 e. The van der Waals surface area contributed by atoms with Crippen LogP contribution in [0.1, 0.15) is 42.0 Å². The third-order valence-corrected chi connectivity index (χ3v) is 11.3. The molecule has 4 N–H and O–H groups in total. The first-order chi connectivity index (χ1) is 14.9. The van der Waals surface area contributed by atoms with Gasteiger partial charge in [-0.25, -0.2) is 0 Å². The summed E-state index contributed by atoms with van der Waals surface area (Å²) in [6.07, 6.45) is -0.416. The molecule has 5 nitrogen and oxygen atoms in total. The van der Waals surface area contributed by atoms with Crippen molar-refractivity contribution in [3.8, 4) is 0 Å². The van der Waals surface area contributed by atoms with E-state index < -0.39 is 24.3 Å². The molecule has 3 aromatic carbocycles. The Morgan fingerprint density at radius 1 is 0.844 bits per heavy atom. The fourth-order valence-corrected chi connectivity index (χ4v) is 9.24. The van der Waals surface area contributed by atoms with Crippen molar-refractivity contribution < 1.29 is 12.6 Å². The van der Waals surface area contributed by atoms with E-state index in [0.29, 0.717) is 0 Å². The Balaban J connectivity index is 1.94. The molecule has 4 rings (SSSR count). The first-order valence-corrected chi connectivity index (χ1v) is 15.2. The zero-order valence-electron chi connectivity index (χ0n) is 19.1. The van der Waals surface area contributed by atoms with E-state index in [1.165, 1.54) is 21.5 Å². The van der Waals surface area contributed by atoms with Gasteiger partial charge in [-0.1, -0.05) is 31.3 Å². The van der Waals surface area contributed by atoms with Gasteiger partial charge in [-0.3, -0.25) is 4.18 Å². The van der Waals surface area contributed by atoms with Gasteiger partial charge >= 0.3 is 0 Å². The van der Waals surface area contributed by atoms with Crippen molar-refractivity contribution in [1.82, 2.24) is 0 Å². The Labute approximate surface area is 191 Å². The highest BCUT2D eigenvalue weighted by molar-refractivity contribution is 7.86. The van der Waals surface area contributed by atoms with Gasteiger partial charge in [-0.15, -0.1) is 0 Å². The summed E-state index contributed by atoms with van der Waals surface area (Å²) in [5, 5.41) is 2.58. The smallest absolute Gasteiger partial charge is 0.297 e. The SMILES string of the molecule is Cc1cc(S(=O)(=O)OC(C)C)ccc1C1c2ccc(N)cc2[Si](C)(C)c2cc(N)ccc21. The van der Waals surface area contributed by atoms with Gasteiger partial charge in [0.25, 0.3) is 10.1 Å². The fourth-order valence-electron chi connectivity index (χ4n) is 4.82. The van der Waals surface area contributed by atoms with Crippen LogP contribution in [0.2, 0.25) is 13.1 Å². The topological polar surface area (TPSA) is 95.4 Å². The third kappa shape index (κ3) is 3.74. The molecule has 0 spiro atoms. The Morgan fingerprint density at radius 3 is 1.81 bits per heavy atom. The van der Waals surface area contributed by atoms with Gasteiger partial charge in [0.15, 0.2) is 0 Å². The van der Waals surface area contributed by atoms with Crippen LogP contribution in [0.5, 0.6) is 0 Å². The van der Waals surface area contributed by atoms with Crippen molar-refractivity contribution in [2.45, 2.75) is 50.8 Å². The molecule has 1 aliphatic heterocycles. The van der Waals surface area contributed by atoms with Crippen LogP contribution in [-0.4, -0.2) is 22.6 Å². The maximum Gasteiger partial charge on any atom is 0.297 e. The molecule has 0 amide bonds. The highest BCUT2D eigenvalue weighted by Gasteiger charge is 2.40. The minimum absolute atomic E-state index is 0.0236. The van der Waals surface area contributed by atoms with Crippen molar-refractivity contribution in [2.75, 3.05) is 11.5 Å². The summed E-state index contributed by atoms with van der Waals surface area (Å²) in [6.45, 7) is 10.0. The summed E-state index contributed by atoms with van der Waals surface area (Å²) >= 11 is 0. The van der Waals surface area contributed by atoms with Crippen LogP contribution in [0.25, 0.3) is 0 Å². The number of fused-ring (bicyclic) bond motifs is 2. The van der Waals surface area contributed by atoms with Crippen molar-refractivity contribution in [1.29, 1.82) is 0 Å². The normalized spacial score (nSPS) is 15.4. The fraction of sp³-hybridized carbons (Fsp3) is 0.280. The molecule has 0 aliphatic carbocycles. The highest BCUT2D eigenvalue weighted by Crippen LogP contribution is 2.38. The summed E-state index contributed by atoms with van der Waals surface area (Å²) in [7, 11) is -5.83. The van der Waals surface area contributed by atoms with Gasteiger partial charge in [-0.2, -0.15) is 8.42 Å². The maximum absolute atomic E-state index is 12.6. The van der Waals surface area contributed by atoms with E-state index in [9.17, 15) is 8.42 Å². The average Bonchev–Trinajstić information content (AvgIpc) is 2.69. The quantitative estimate of drug-likeness (QED) is 0.348. The van der Waals surface area contributed by atoms with Crippen LogP contribution in [0.3, 0.4) is 0 Å². The molecule has 1 aliphatic rings. The van der Waals surface area contributed by atoms with Crippen LogP contribution in [0.4, 0.5) is 11.4 Å². The lowest BCUT2D eigenvalue weighted by molar-refractivity contribution is 0.249. The van der Waals surface area contributed by atoms with Crippen LogP contribution in [-0.2, 0) is 14.3 Å². The number of anilines is 2. The lowest BCUT2D eigenvalue weighted by atomic mass is 9.82. The Hall–Kier alpha value is -2.61. The Bertz CT molecular complexity index is 1260. The molecule has 0 unspecified atom stereocenters. The molecule has 0 bridgehead atoms. The van der Waals surface area contributed by atoms with E-state index in [4.69, 9.17) is 15.7 Å². The first-order valence-electron chi connectivity index (χ1n) is 10.8. The monoisotopic (exact) mass is 466 g/mol.